The Balaban J connectivity index is 0.919. The minimum absolute atomic E-state index is 0.897. The van der Waals surface area contributed by atoms with Crippen LogP contribution >= 0.6 is 0 Å². The van der Waals surface area contributed by atoms with E-state index in [0.29, 0.717) is 0 Å². The number of rotatable bonds is 8. The smallest absolute Gasteiger partial charge is 0.143 e. The van der Waals surface area contributed by atoms with Crippen molar-refractivity contribution >= 4 is 82.4 Å². The minimum atomic E-state index is 0.897. The zero-order valence-corrected chi connectivity index (χ0v) is 38.7. The van der Waals surface area contributed by atoms with Gasteiger partial charge in [-0.1, -0.05) is 206 Å². The van der Waals surface area contributed by atoms with E-state index in [4.69, 9.17) is 4.42 Å². The first-order chi connectivity index (χ1) is 35.2. The maximum atomic E-state index is 6.52. The van der Waals surface area contributed by atoms with Crippen molar-refractivity contribution in [1.82, 2.24) is 4.57 Å². The van der Waals surface area contributed by atoms with Crippen LogP contribution in [0.15, 0.2) is 271 Å². The molecular formula is C68H44N2O. The van der Waals surface area contributed by atoms with E-state index in [0.717, 1.165) is 66.9 Å². The van der Waals surface area contributed by atoms with Gasteiger partial charge in [0.2, 0.25) is 0 Å². The number of fused-ring (bicyclic) bond motifs is 9. The van der Waals surface area contributed by atoms with E-state index in [9.17, 15) is 0 Å². The van der Waals surface area contributed by atoms with Crippen molar-refractivity contribution in [3.8, 4) is 50.2 Å². The van der Waals surface area contributed by atoms with E-state index in [1.165, 1.54) is 65.6 Å². The summed E-state index contributed by atoms with van der Waals surface area (Å²) >= 11 is 0. The van der Waals surface area contributed by atoms with E-state index in [-0.39, 0.29) is 0 Å². The lowest BCUT2D eigenvalue weighted by Gasteiger charge is -2.29. The molecule has 2 aromatic heterocycles. The third kappa shape index (κ3) is 6.66. The van der Waals surface area contributed by atoms with Gasteiger partial charge in [0.25, 0.3) is 0 Å². The molecule has 14 rings (SSSR count). The van der Waals surface area contributed by atoms with Gasteiger partial charge in [0.05, 0.1) is 22.4 Å². The highest BCUT2D eigenvalue weighted by Gasteiger charge is 2.22. The van der Waals surface area contributed by atoms with Gasteiger partial charge in [0.15, 0.2) is 0 Å². The molecule has 0 aliphatic heterocycles. The van der Waals surface area contributed by atoms with E-state index in [1.807, 2.05) is 12.1 Å². The quantitative estimate of drug-likeness (QED) is 0.142. The lowest BCUT2D eigenvalue weighted by atomic mass is 9.91. The molecule has 0 bridgehead atoms. The highest BCUT2D eigenvalue weighted by molar-refractivity contribution is 6.15. The summed E-state index contributed by atoms with van der Waals surface area (Å²) in [6, 6.07) is 96.7. The summed E-state index contributed by atoms with van der Waals surface area (Å²) in [7, 11) is 0. The van der Waals surface area contributed by atoms with Crippen LogP contribution in [0.3, 0.4) is 0 Å². The molecule has 0 saturated carbocycles. The second kappa shape index (κ2) is 16.7. The fourth-order valence-corrected chi connectivity index (χ4v) is 11.2. The average Bonchev–Trinajstić information content (AvgIpc) is 4.00. The molecule has 3 nitrogen and oxygen atoms in total. The van der Waals surface area contributed by atoms with Crippen LogP contribution in [0.4, 0.5) is 17.1 Å². The number of nitrogens with zero attached hydrogens (tertiary/aromatic N) is 2. The monoisotopic (exact) mass is 904 g/mol. The zero-order valence-electron chi connectivity index (χ0n) is 38.7. The summed E-state index contributed by atoms with van der Waals surface area (Å²) < 4.78 is 8.94. The number of furan rings is 1. The van der Waals surface area contributed by atoms with Crippen molar-refractivity contribution in [2.24, 2.45) is 0 Å². The van der Waals surface area contributed by atoms with E-state index in [2.05, 4.69) is 264 Å². The lowest BCUT2D eigenvalue weighted by Crippen LogP contribution is -2.11. The van der Waals surface area contributed by atoms with Gasteiger partial charge in [-0.05, 0) is 110 Å². The molecule has 14 aromatic rings. The Bertz CT molecular complexity index is 4290. The van der Waals surface area contributed by atoms with Crippen molar-refractivity contribution in [2.45, 2.75) is 0 Å². The first-order valence-corrected chi connectivity index (χ1v) is 24.3. The fraction of sp³-hybridized carbons (Fsp3) is 0. The summed E-state index contributed by atoms with van der Waals surface area (Å²) in [5.41, 5.74) is 17.7. The summed E-state index contributed by atoms with van der Waals surface area (Å²) in [5, 5.41) is 9.69. The Morgan fingerprint density at radius 3 is 1.51 bits per heavy atom. The van der Waals surface area contributed by atoms with Crippen LogP contribution in [0.5, 0.6) is 0 Å². The van der Waals surface area contributed by atoms with Crippen LogP contribution < -0.4 is 4.90 Å². The molecule has 0 fully saturated rings. The number of para-hydroxylation sites is 6. The highest BCUT2D eigenvalue weighted by Crippen LogP contribution is 2.46. The van der Waals surface area contributed by atoms with E-state index >= 15 is 0 Å². The molecule has 0 N–H and O–H groups in total. The molecule has 12 aromatic carbocycles. The van der Waals surface area contributed by atoms with Crippen molar-refractivity contribution in [3.05, 3.63) is 267 Å². The Morgan fingerprint density at radius 2 is 0.789 bits per heavy atom. The molecule has 0 saturated heterocycles. The molecule has 3 heteroatoms. The topological polar surface area (TPSA) is 21.3 Å². The van der Waals surface area contributed by atoms with Gasteiger partial charge >= 0.3 is 0 Å². The molecule has 71 heavy (non-hydrogen) atoms. The molecule has 0 aliphatic carbocycles. The van der Waals surface area contributed by atoms with Gasteiger partial charge in [-0.3, -0.25) is 0 Å². The van der Waals surface area contributed by atoms with Crippen molar-refractivity contribution in [1.29, 1.82) is 0 Å². The van der Waals surface area contributed by atoms with Gasteiger partial charge in [-0.15, -0.1) is 0 Å². The molecule has 0 aliphatic rings. The van der Waals surface area contributed by atoms with Crippen molar-refractivity contribution in [3.63, 3.8) is 0 Å². The molecule has 332 valence electrons. The van der Waals surface area contributed by atoms with Crippen LogP contribution in [-0.4, -0.2) is 4.57 Å². The molecule has 0 amide bonds. The number of hydrogen-bond acceptors (Lipinski definition) is 2. The Kier molecular flexibility index (Phi) is 9.53. The van der Waals surface area contributed by atoms with Crippen molar-refractivity contribution in [2.75, 3.05) is 4.90 Å². The predicted molar refractivity (Wildman–Crippen MR) is 299 cm³/mol. The number of anilines is 3. The molecule has 0 spiro atoms. The van der Waals surface area contributed by atoms with Gasteiger partial charge in [-0.2, -0.15) is 0 Å². The van der Waals surface area contributed by atoms with Crippen LogP contribution in [0.1, 0.15) is 0 Å². The molecule has 2 heterocycles. The number of benzene rings is 12. The normalized spacial score (nSPS) is 11.7. The standard InChI is InChI=1S/C68H44N2O/c1-2-20-51-47(18-1)44-62(55-23-6-5-21-53(51)55)59-27-10-12-31-63(59)69(49-42-38-46(39-43-49)52-29-17-30-61-60-28-11-16-35-67(60)71-68(52)61)48-40-36-45(37-41-48)50-19-3-4-22-54(50)56-24-7-13-32-64(56)70-65-33-14-8-25-57(65)58-26-9-15-34-66(58)70/h1-44H. The lowest BCUT2D eigenvalue weighted by molar-refractivity contribution is 0.670. The number of aromatic nitrogens is 1. The van der Waals surface area contributed by atoms with Gasteiger partial charge < -0.3 is 13.9 Å². The summed E-state index contributed by atoms with van der Waals surface area (Å²) in [6.07, 6.45) is 0. The maximum Gasteiger partial charge on any atom is 0.143 e. The van der Waals surface area contributed by atoms with Crippen LogP contribution in [0.25, 0.3) is 115 Å². The van der Waals surface area contributed by atoms with Gasteiger partial charge in [-0.25, -0.2) is 0 Å². The van der Waals surface area contributed by atoms with Gasteiger partial charge in [0, 0.05) is 49.6 Å². The fourth-order valence-electron chi connectivity index (χ4n) is 11.2. The SMILES string of the molecule is c1ccc(-c2ccccc2-n2c3ccccc3c3ccccc32)c(-c2ccc(N(c3ccc(-c4cccc5c4oc4ccccc45)cc3)c3ccccc3-c3cc4ccccc4c4ccccc34)cc2)c1. The van der Waals surface area contributed by atoms with Gasteiger partial charge in [0.1, 0.15) is 11.2 Å². The first-order valence-electron chi connectivity index (χ1n) is 24.3. The second-order valence-corrected chi connectivity index (χ2v) is 18.4. The molecular weight excluding hydrogens is 861 g/mol. The van der Waals surface area contributed by atoms with E-state index in [1.54, 1.807) is 0 Å². The summed E-state index contributed by atoms with van der Waals surface area (Å²) in [5.74, 6) is 0. The third-order valence-electron chi connectivity index (χ3n) is 14.4. The number of hydrogen-bond donors (Lipinski definition) is 0. The average molecular weight is 905 g/mol. The third-order valence-corrected chi connectivity index (χ3v) is 14.4. The van der Waals surface area contributed by atoms with Crippen LogP contribution in [0, 0.1) is 0 Å². The zero-order chi connectivity index (χ0) is 46.8. The highest BCUT2D eigenvalue weighted by atomic mass is 16.3. The summed E-state index contributed by atoms with van der Waals surface area (Å²) in [4.78, 5) is 2.41. The summed E-state index contributed by atoms with van der Waals surface area (Å²) in [6.45, 7) is 0. The maximum absolute atomic E-state index is 6.52. The largest absolute Gasteiger partial charge is 0.455 e. The Labute approximate surface area is 411 Å². The van der Waals surface area contributed by atoms with E-state index < -0.39 is 0 Å². The molecule has 0 unspecified atom stereocenters. The van der Waals surface area contributed by atoms with Crippen molar-refractivity contribution < 1.29 is 4.42 Å². The molecule has 0 radical (unpaired) electrons. The molecule has 0 atom stereocenters. The predicted octanol–water partition coefficient (Wildman–Crippen LogP) is 19.1. The Hall–Kier alpha value is -9.44. The minimum Gasteiger partial charge on any atom is -0.455 e. The van der Waals surface area contributed by atoms with Crippen LogP contribution in [-0.2, 0) is 0 Å². The first kappa shape index (κ1) is 40.6. The second-order valence-electron chi connectivity index (χ2n) is 18.4. The van der Waals surface area contributed by atoms with Crippen LogP contribution in [0.2, 0.25) is 0 Å². The Morgan fingerprint density at radius 1 is 0.296 bits per heavy atom.